The number of imidazole rings is 2. The Morgan fingerprint density at radius 2 is 0.864 bits per heavy atom. The maximum atomic E-state index is 6.43. The lowest BCUT2D eigenvalue weighted by Crippen LogP contribution is -2.29. The van der Waals surface area contributed by atoms with Crippen molar-refractivity contribution < 1.29 is 18.6 Å². The summed E-state index contributed by atoms with van der Waals surface area (Å²) in [6, 6.07) is 45.3. The number of hydrogen-bond donors (Lipinski definition) is 0. The van der Waals surface area contributed by atoms with Gasteiger partial charge in [-0.05, 0) is 86.3 Å². The van der Waals surface area contributed by atoms with E-state index in [0.717, 1.165) is 71.0 Å². The molecule has 2 aliphatic rings. The molecule has 0 saturated carbocycles. The summed E-state index contributed by atoms with van der Waals surface area (Å²) in [5.41, 5.74) is 11.6. The molecule has 0 bridgehead atoms. The third-order valence-electron chi connectivity index (χ3n) is 12.4. The first-order valence-electron chi connectivity index (χ1n) is 22.5. The monoisotopic (exact) mass is 864 g/mol. The molecule has 2 aliphatic heterocycles. The molecule has 0 unspecified atom stereocenters. The number of rotatable bonds is 11. The van der Waals surface area contributed by atoms with Gasteiger partial charge in [0, 0.05) is 74.5 Å². The van der Waals surface area contributed by atoms with E-state index >= 15 is 0 Å². The summed E-state index contributed by atoms with van der Waals surface area (Å²) >= 11 is 0. The Bertz CT molecular complexity index is 3160. The molecule has 0 spiro atoms. The molecule has 0 N–H and O–H groups in total. The molecule has 10 aromatic rings. The van der Waals surface area contributed by atoms with Gasteiger partial charge in [0.2, 0.25) is 0 Å². The Kier molecular flexibility index (Phi) is 10.1. The molecule has 322 valence electrons. The van der Waals surface area contributed by atoms with Crippen LogP contribution >= 0.6 is 0 Å². The van der Waals surface area contributed by atoms with Crippen LogP contribution in [0.15, 0.2) is 171 Å². The summed E-state index contributed by atoms with van der Waals surface area (Å²) in [7, 11) is 0. The zero-order valence-corrected chi connectivity index (χ0v) is 36.1. The van der Waals surface area contributed by atoms with Crippen LogP contribution in [-0.4, -0.2) is 55.2 Å². The van der Waals surface area contributed by atoms with Crippen LogP contribution in [0.5, 0.6) is 23.0 Å². The van der Waals surface area contributed by atoms with Crippen LogP contribution in [0.3, 0.4) is 0 Å². The zero-order chi connectivity index (χ0) is 43.8. The number of anilines is 2. The van der Waals surface area contributed by atoms with E-state index in [1.165, 1.54) is 37.1 Å². The van der Waals surface area contributed by atoms with Gasteiger partial charge in [-0.25, -0.2) is 0 Å². The largest absolute Gasteiger partial charge is 0.456 e. The first-order valence-corrected chi connectivity index (χ1v) is 22.5. The van der Waals surface area contributed by atoms with Gasteiger partial charge in [0.15, 0.2) is 0 Å². The standard InChI is InChI=1S/C54H44N10O2/c1-3-17-53-51(15-1)61(41-13-9-11-39(27-41)59-23-5-6-24-59)37-63(53)43-29-47(35-55-33-43)65-45-19-21-57-49(31-45)50-32-46(20-22-58-50)66-48-30-44(34-56-36-48)64-38-62(52-16-2-4-18-54(52)64)42-14-10-12-40(28-42)60-25-7-8-26-60/h1-4,9-22,27-36H,5-8,23-26H2. The van der Waals surface area contributed by atoms with Crippen molar-refractivity contribution in [2.45, 2.75) is 25.7 Å². The molecule has 4 aromatic carbocycles. The first kappa shape index (κ1) is 39.2. The van der Waals surface area contributed by atoms with Gasteiger partial charge in [0.05, 0.1) is 68.6 Å². The Labute approximate surface area is 381 Å². The lowest BCUT2D eigenvalue weighted by molar-refractivity contribution is -0.573. The molecular weight excluding hydrogens is 821 g/mol. The molecule has 2 saturated heterocycles. The minimum absolute atomic E-state index is 0.574. The van der Waals surface area contributed by atoms with E-state index in [0.29, 0.717) is 34.4 Å². The number of hydrogen-bond acceptors (Lipinski definition) is 8. The van der Waals surface area contributed by atoms with Gasteiger partial charge in [-0.15, -0.1) is 0 Å². The molecule has 0 aliphatic carbocycles. The fourth-order valence-corrected chi connectivity index (χ4v) is 9.17. The van der Waals surface area contributed by atoms with Crippen molar-refractivity contribution in [1.82, 2.24) is 29.1 Å². The van der Waals surface area contributed by atoms with Crippen molar-refractivity contribution in [1.29, 1.82) is 0 Å². The molecule has 12 heteroatoms. The van der Waals surface area contributed by atoms with E-state index in [-0.39, 0.29) is 0 Å². The fraction of sp³-hybridized carbons (Fsp3) is 0.148. The number of para-hydroxylation sites is 4. The summed E-state index contributed by atoms with van der Waals surface area (Å²) in [4.78, 5) is 23.3. The average molecular weight is 865 g/mol. The van der Waals surface area contributed by atoms with Crippen LogP contribution in [0.4, 0.5) is 11.4 Å². The second-order valence-corrected chi connectivity index (χ2v) is 16.7. The fourth-order valence-electron chi connectivity index (χ4n) is 9.17. The molecule has 0 radical (unpaired) electrons. The first-order chi connectivity index (χ1) is 32.7. The van der Waals surface area contributed by atoms with Crippen LogP contribution in [0, 0.1) is 12.7 Å². The maximum Gasteiger partial charge on any atom is 0.269 e. The Balaban J connectivity index is 0.785. The molecule has 6 aromatic heterocycles. The predicted molar refractivity (Wildman–Crippen MR) is 253 cm³/mol. The summed E-state index contributed by atoms with van der Waals surface area (Å²) in [5.74, 6) is 2.33. The van der Waals surface area contributed by atoms with E-state index in [1.54, 1.807) is 24.8 Å². The average Bonchev–Trinajstić information content (AvgIpc) is 4.22. The van der Waals surface area contributed by atoms with Crippen molar-refractivity contribution in [2.24, 2.45) is 0 Å². The minimum Gasteiger partial charge on any atom is -0.456 e. The SMILES string of the molecule is [c-]1n(-c2cccc(N3CCCC3)c2)c2ccccc2[n+]1-c1cncc(Oc2ccnc(-c3cc(Oc4cncc(-[n+]5[c-]n(-c6cccc(N7CCCC7)c6)c6ccccc65)c4)ccn3)c2)c1. The summed E-state index contributed by atoms with van der Waals surface area (Å²) < 4.78 is 21.1. The van der Waals surface area contributed by atoms with Gasteiger partial charge in [-0.2, -0.15) is 0 Å². The summed E-state index contributed by atoms with van der Waals surface area (Å²) in [6.45, 7) is 4.35. The van der Waals surface area contributed by atoms with Gasteiger partial charge in [-0.3, -0.25) is 38.2 Å². The highest BCUT2D eigenvalue weighted by Crippen LogP contribution is 2.31. The second-order valence-electron chi connectivity index (χ2n) is 16.7. The van der Waals surface area contributed by atoms with Gasteiger partial charge < -0.3 is 19.3 Å². The Hall–Kier alpha value is -8.38. The smallest absolute Gasteiger partial charge is 0.269 e. The molecular formula is C54H44N10O2. The van der Waals surface area contributed by atoms with Crippen molar-refractivity contribution >= 4 is 33.4 Å². The number of nitrogens with zero attached hydrogens (tertiary/aromatic N) is 10. The van der Waals surface area contributed by atoms with E-state index in [2.05, 4.69) is 136 Å². The van der Waals surface area contributed by atoms with Gasteiger partial charge in [0.1, 0.15) is 23.0 Å². The number of aromatic nitrogens is 8. The molecule has 12 nitrogen and oxygen atoms in total. The topological polar surface area (TPSA) is 94.1 Å². The molecule has 8 heterocycles. The van der Waals surface area contributed by atoms with Crippen LogP contribution in [0.1, 0.15) is 25.7 Å². The van der Waals surface area contributed by atoms with Gasteiger partial charge in [0.25, 0.3) is 12.7 Å². The second kappa shape index (κ2) is 17.0. The third-order valence-corrected chi connectivity index (χ3v) is 12.4. The van der Waals surface area contributed by atoms with Crippen molar-refractivity contribution in [3.8, 4) is 57.1 Å². The highest BCUT2D eigenvalue weighted by Gasteiger charge is 2.19. The van der Waals surface area contributed by atoms with Crippen LogP contribution in [-0.2, 0) is 0 Å². The number of ether oxygens (including phenoxy) is 2. The number of benzene rings is 4. The minimum atomic E-state index is 0.574. The highest BCUT2D eigenvalue weighted by molar-refractivity contribution is 5.76. The lowest BCUT2D eigenvalue weighted by atomic mass is 10.2. The molecule has 66 heavy (non-hydrogen) atoms. The van der Waals surface area contributed by atoms with Crippen LogP contribution in [0.2, 0.25) is 0 Å². The van der Waals surface area contributed by atoms with E-state index in [9.17, 15) is 0 Å². The van der Waals surface area contributed by atoms with Crippen molar-refractivity contribution in [2.75, 3.05) is 36.0 Å². The van der Waals surface area contributed by atoms with Crippen molar-refractivity contribution in [3.05, 3.63) is 183 Å². The lowest BCUT2D eigenvalue weighted by Gasteiger charge is -2.18. The molecule has 0 amide bonds. The third kappa shape index (κ3) is 7.61. The number of fused-ring (bicyclic) bond motifs is 2. The zero-order valence-electron chi connectivity index (χ0n) is 36.1. The summed E-state index contributed by atoms with van der Waals surface area (Å²) in [5, 5.41) is 0. The van der Waals surface area contributed by atoms with E-state index in [1.807, 2.05) is 70.1 Å². The summed E-state index contributed by atoms with van der Waals surface area (Å²) in [6.07, 6.45) is 22.6. The highest BCUT2D eigenvalue weighted by atomic mass is 16.5. The Morgan fingerprint density at radius 1 is 0.424 bits per heavy atom. The van der Waals surface area contributed by atoms with E-state index < -0.39 is 0 Å². The Morgan fingerprint density at radius 3 is 1.33 bits per heavy atom. The van der Waals surface area contributed by atoms with Crippen LogP contribution in [0.25, 0.3) is 56.2 Å². The molecule has 12 rings (SSSR count). The number of pyridine rings is 4. The van der Waals surface area contributed by atoms with Crippen LogP contribution < -0.4 is 28.4 Å². The normalized spacial score (nSPS) is 13.8. The predicted octanol–water partition coefficient (Wildman–Crippen LogP) is 9.76. The quantitative estimate of drug-likeness (QED) is 0.0938. The van der Waals surface area contributed by atoms with Gasteiger partial charge in [-0.1, -0.05) is 60.7 Å². The maximum absolute atomic E-state index is 6.43. The molecule has 0 atom stereocenters. The van der Waals surface area contributed by atoms with Gasteiger partial charge >= 0.3 is 0 Å². The van der Waals surface area contributed by atoms with Crippen molar-refractivity contribution in [3.63, 3.8) is 0 Å². The molecule has 2 fully saturated rings. The van der Waals surface area contributed by atoms with E-state index in [4.69, 9.17) is 9.47 Å².